The minimum Gasteiger partial charge on any atom is -0.550 e. The van der Waals surface area contributed by atoms with Gasteiger partial charge in [-0.05, 0) is 67.9 Å². The number of aliphatic hydroxyl groups excluding tert-OH is 2. The Balaban J connectivity index is 0.00000462. The molecule has 214 valence electrons. The fraction of sp³-hybridized carbons (Fsp3) is 0.452. The molecule has 0 unspecified atom stereocenters. The fourth-order valence-corrected chi connectivity index (χ4v) is 5.59. The Bertz CT molecular complexity index is 1300. The first-order valence-electron chi connectivity index (χ1n) is 13.9. The summed E-state index contributed by atoms with van der Waals surface area (Å²) in [5.41, 5.74) is 3.62. The number of piperidine rings is 1. The SMILES string of the molecule is CC(C)c1c(C(=O)N2CCC[C@H](c3ccccc3)C2)nn(-c2ccc(F)cc2)c1CC[C@@H](O)C[C@@H](O)CC(=O)[O-].[Na+]. The van der Waals surface area contributed by atoms with Crippen molar-refractivity contribution >= 4 is 11.9 Å². The number of carboxylic acids is 1. The first-order valence-corrected chi connectivity index (χ1v) is 13.9. The molecule has 8 nitrogen and oxygen atoms in total. The van der Waals surface area contributed by atoms with Gasteiger partial charge in [0.1, 0.15) is 5.82 Å². The zero-order valence-electron chi connectivity index (χ0n) is 24.0. The van der Waals surface area contributed by atoms with Crippen LogP contribution in [-0.2, 0) is 11.2 Å². The minimum atomic E-state index is -1.38. The summed E-state index contributed by atoms with van der Waals surface area (Å²) in [7, 11) is 0. The van der Waals surface area contributed by atoms with Crippen LogP contribution in [0.15, 0.2) is 54.6 Å². The summed E-state index contributed by atoms with van der Waals surface area (Å²) in [5, 5.41) is 36.0. The number of carboxylic acid groups (broad SMARTS) is 1. The van der Waals surface area contributed by atoms with Crippen molar-refractivity contribution in [3.8, 4) is 5.69 Å². The van der Waals surface area contributed by atoms with Crippen molar-refractivity contribution in [1.29, 1.82) is 0 Å². The van der Waals surface area contributed by atoms with Crippen LogP contribution in [0.4, 0.5) is 4.39 Å². The van der Waals surface area contributed by atoms with Gasteiger partial charge in [-0.25, -0.2) is 9.07 Å². The second-order valence-corrected chi connectivity index (χ2v) is 10.9. The molecule has 1 fully saturated rings. The molecule has 3 atom stereocenters. The van der Waals surface area contributed by atoms with Crippen LogP contribution in [0.25, 0.3) is 5.69 Å². The third kappa shape index (κ3) is 8.49. The Morgan fingerprint density at radius 1 is 1.07 bits per heavy atom. The van der Waals surface area contributed by atoms with Crippen molar-refractivity contribution in [3.63, 3.8) is 0 Å². The van der Waals surface area contributed by atoms with E-state index in [1.165, 1.54) is 17.7 Å². The quantitative estimate of drug-likeness (QED) is 0.320. The monoisotopic (exact) mass is 573 g/mol. The van der Waals surface area contributed by atoms with Gasteiger partial charge in [0.05, 0.1) is 17.9 Å². The Labute approximate surface area is 262 Å². The van der Waals surface area contributed by atoms with Crippen molar-refractivity contribution in [2.45, 2.75) is 76.4 Å². The van der Waals surface area contributed by atoms with Crippen LogP contribution in [0.1, 0.15) is 85.1 Å². The number of carbonyl (C=O) groups excluding carboxylic acids is 2. The summed E-state index contributed by atoms with van der Waals surface area (Å²) in [4.78, 5) is 26.6. The number of nitrogens with zero attached hydrogens (tertiary/aromatic N) is 3. The molecule has 2 N–H and O–H groups in total. The number of likely N-dealkylation sites (tertiary alicyclic amines) is 1. The van der Waals surface area contributed by atoms with Gasteiger partial charge in [-0.2, -0.15) is 5.10 Å². The van der Waals surface area contributed by atoms with Gasteiger partial charge in [0, 0.05) is 42.7 Å². The predicted octanol–water partition coefficient (Wildman–Crippen LogP) is 0.343. The average Bonchev–Trinajstić information content (AvgIpc) is 3.32. The van der Waals surface area contributed by atoms with E-state index in [1.807, 2.05) is 36.9 Å². The molecule has 1 aliphatic rings. The van der Waals surface area contributed by atoms with E-state index >= 15 is 0 Å². The number of halogens is 1. The summed E-state index contributed by atoms with van der Waals surface area (Å²) < 4.78 is 15.4. The maximum Gasteiger partial charge on any atom is 1.00 e. The van der Waals surface area contributed by atoms with E-state index in [9.17, 15) is 29.3 Å². The zero-order chi connectivity index (χ0) is 28.8. The third-order valence-electron chi connectivity index (χ3n) is 7.51. The Hall–Kier alpha value is -2.56. The normalized spacial score (nSPS) is 16.7. The Morgan fingerprint density at radius 3 is 2.39 bits per heavy atom. The summed E-state index contributed by atoms with van der Waals surface area (Å²) in [6.45, 7) is 5.19. The van der Waals surface area contributed by atoms with E-state index in [2.05, 4.69) is 12.1 Å². The first-order chi connectivity index (χ1) is 19.1. The Morgan fingerprint density at radius 2 is 1.76 bits per heavy atom. The molecule has 2 aromatic carbocycles. The van der Waals surface area contributed by atoms with E-state index in [0.717, 1.165) is 24.1 Å². The number of aliphatic hydroxyl groups is 2. The van der Waals surface area contributed by atoms with Crippen LogP contribution in [-0.4, -0.2) is 62.1 Å². The van der Waals surface area contributed by atoms with Crippen molar-refractivity contribution in [2.75, 3.05) is 13.1 Å². The fourth-order valence-electron chi connectivity index (χ4n) is 5.59. The average molecular weight is 574 g/mol. The minimum absolute atomic E-state index is 0. The number of benzene rings is 2. The third-order valence-corrected chi connectivity index (χ3v) is 7.51. The maximum atomic E-state index is 14.0. The molecule has 0 aliphatic carbocycles. The van der Waals surface area contributed by atoms with Gasteiger partial charge in [0.25, 0.3) is 5.91 Å². The van der Waals surface area contributed by atoms with E-state index < -0.39 is 30.4 Å². The van der Waals surface area contributed by atoms with Gasteiger partial charge in [-0.3, -0.25) is 4.79 Å². The van der Waals surface area contributed by atoms with Gasteiger partial charge < -0.3 is 25.0 Å². The molecule has 2 heterocycles. The molecule has 0 spiro atoms. The van der Waals surface area contributed by atoms with E-state index in [4.69, 9.17) is 5.10 Å². The number of carbonyl (C=O) groups is 2. The second kappa shape index (κ2) is 15.1. The number of hydrogen-bond donors (Lipinski definition) is 2. The molecule has 41 heavy (non-hydrogen) atoms. The molecule has 1 amide bonds. The maximum absolute atomic E-state index is 14.0. The molecule has 4 rings (SSSR count). The largest absolute Gasteiger partial charge is 1.00 e. The van der Waals surface area contributed by atoms with Gasteiger partial charge in [-0.1, -0.05) is 44.2 Å². The molecular weight excluding hydrogens is 536 g/mol. The molecule has 0 saturated carbocycles. The van der Waals surface area contributed by atoms with E-state index in [0.29, 0.717) is 30.9 Å². The summed E-state index contributed by atoms with van der Waals surface area (Å²) in [6.07, 6.45) is -0.452. The molecule has 1 aliphatic heterocycles. The van der Waals surface area contributed by atoms with Crippen molar-refractivity contribution in [2.24, 2.45) is 0 Å². The first kappa shape index (κ1) is 32.9. The smallest absolute Gasteiger partial charge is 0.550 e. The topological polar surface area (TPSA) is 119 Å². The Kier molecular flexibility index (Phi) is 12.1. The number of aromatic nitrogens is 2. The van der Waals surface area contributed by atoms with Crippen LogP contribution in [0, 0.1) is 5.82 Å². The van der Waals surface area contributed by atoms with Gasteiger partial charge in [-0.15, -0.1) is 0 Å². The molecule has 10 heteroatoms. The van der Waals surface area contributed by atoms with Gasteiger partial charge in [0.2, 0.25) is 0 Å². The zero-order valence-corrected chi connectivity index (χ0v) is 26.0. The second-order valence-electron chi connectivity index (χ2n) is 10.9. The predicted molar refractivity (Wildman–Crippen MR) is 147 cm³/mol. The molecule has 3 aromatic rings. The van der Waals surface area contributed by atoms with Gasteiger partial charge >= 0.3 is 29.6 Å². The summed E-state index contributed by atoms with van der Waals surface area (Å²) in [6, 6.07) is 16.0. The van der Waals surface area contributed by atoms with Gasteiger partial charge in [0.15, 0.2) is 5.69 Å². The number of aliphatic carboxylic acids is 1. The van der Waals surface area contributed by atoms with E-state index in [1.54, 1.807) is 16.8 Å². The van der Waals surface area contributed by atoms with Crippen LogP contribution in [0.3, 0.4) is 0 Å². The summed E-state index contributed by atoms with van der Waals surface area (Å²) >= 11 is 0. The van der Waals surface area contributed by atoms with Crippen LogP contribution in [0.5, 0.6) is 0 Å². The summed E-state index contributed by atoms with van der Waals surface area (Å²) in [5.74, 6) is -1.76. The standard InChI is InChI=1S/C31H38FN3O5.Na/c1-20(2)29-27(15-14-25(36)17-26(37)18-28(38)39)35(24-12-10-23(32)11-13-24)33-30(29)31(40)34-16-6-9-22(19-34)21-7-4-3-5-8-21;/h3-5,7-8,10-13,20,22,25-26,36-37H,6,9,14-19H2,1-2H3,(H,38,39);/q;+1/p-1/t22-,25+,26+;/m0./s1. The molecular formula is C31H37FN3NaO5. The molecule has 0 bridgehead atoms. The molecule has 1 aromatic heterocycles. The van der Waals surface area contributed by atoms with E-state index in [-0.39, 0.29) is 60.1 Å². The van der Waals surface area contributed by atoms with Crippen molar-refractivity contribution in [3.05, 3.63) is 82.9 Å². The van der Waals surface area contributed by atoms with Crippen molar-refractivity contribution < 1.29 is 58.9 Å². The molecule has 1 saturated heterocycles. The van der Waals surface area contributed by atoms with Crippen molar-refractivity contribution in [1.82, 2.24) is 14.7 Å². The number of hydrogen-bond acceptors (Lipinski definition) is 6. The molecule has 0 radical (unpaired) electrons. The van der Waals surface area contributed by atoms with Crippen LogP contribution >= 0.6 is 0 Å². The van der Waals surface area contributed by atoms with Crippen LogP contribution in [0.2, 0.25) is 0 Å². The number of rotatable bonds is 11. The number of amides is 1. The van der Waals surface area contributed by atoms with Crippen LogP contribution < -0.4 is 34.7 Å².